The zero-order valence-corrected chi connectivity index (χ0v) is 19.1. The summed E-state index contributed by atoms with van der Waals surface area (Å²) in [7, 11) is 0. The van der Waals surface area contributed by atoms with Crippen LogP contribution in [0, 0.1) is 17.8 Å². The minimum absolute atomic E-state index is 0.135. The van der Waals surface area contributed by atoms with Gasteiger partial charge in [0.1, 0.15) is 0 Å². The second kappa shape index (κ2) is 9.96. The average molecular weight is 429 g/mol. The molecule has 0 heterocycles. The number of carbonyl (C=O) groups is 1. The van der Waals surface area contributed by atoms with Gasteiger partial charge in [0.2, 0.25) is 5.78 Å². The third-order valence-corrected chi connectivity index (χ3v) is 8.40. The first-order valence-corrected chi connectivity index (χ1v) is 12.7. The highest BCUT2D eigenvalue weighted by Gasteiger charge is 2.42. The van der Waals surface area contributed by atoms with E-state index in [0.717, 1.165) is 23.8 Å². The zero-order valence-electron chi connectivity index (χ0n) is 19.1. The largest absolute Gasteiger partial charge is 0.334 e. The van der Waals surface area contributed by atoms with Crippen molar-refractivity contribution in [1.29, 1.82) is 0 Å². The lowest BCUT2D eigenvalue weighted by atomic mass is 9.68. The summed E-state index contributed by atoms with van der Waals surface area (Å²) < 4.78 is 28.3. The number of allylic oxidation sites excluding steroid dienone is 1. The van der Waals surface area contributed by atoms with Crippen LogP contribution in [0.25, 0.3) is 6.08 Å². The Morgan fingerprint density at radius 1 is 0.871 bits per heavy atom. The van der Waals surface area contributed by atoms with Gasteiger partial charge < -0.3 is 0 Å². The van der Waals surface area contributed by atoms with Crippen LogP contribution in [0.1, 0.15) is 113 Å². The number of ketones is 1. The van der Waals surface area contributed by atoms with Gasteiger partial charge in [-0.05, 0) is 79.4 Å². The Morgan fingerprint density at radius 2 is 1.55 bits per heavy atom. The molecule has 0 bridgehead atoms. The van der Waals surface area contributed by atoms with Crippen molar-refractivity contribution in [2.75, 3.05) is 0 Å². The van der Waals surface area contributed by atoms with Crippen LogP contribution in [0.3, 0.4) is 0 Å². The van der Waals surface area contributed by atoms with Gasteiger partial charge in [-0.1, -0.05) is 76.1 Å². The van der Waals surface area contributed by atoms with Crippen LogP contribution in [-0.4, -0.2) is 5.78 Å². The Hall–Kier alpha value is -1.51. The van der Waals surface area contributed by atoms with E-state index in [0.29, 0.717) is 11.5 Å². The van der Waals surface area contributed by atoms with Crippen LogP contribution < -0.4 is 0 Å². The van der Waals surface area contributed by atoms with Crippen molar-refractivity contribution in [2.24, 2.45) is 17.8 Å². The van der Waals surface area contributed by atoms with Gasteiger partial charge >= 0.3 is 5.92 Å². The van der Waals surface area contributed by atoms with Crippen molar-refractivity contribution in [1.82, 2.24) is 0 Å². The fourth-order valence-corrected chi connectivity index (χ4v) is 6.39. The molecule has 170 valence electrons. The summed E-state index contributed by atoms with van der Waals surface area (Å²) in [6, 6.07) is 5.23. The average Bonchev–Trinajstić information content (AvgIpc) is 2.80. The third kappa shape index (κ3) is 5.12. The second-order valence-corrected chi connectivity index (χ2v) is 10.4. The van der Waals surface area contributed by atoms with E-state index in [9.17, 15) is 13.6 Å². The maximum Gasteiger partial charge on any atom is 0.334 e. The van der Waals surface area contributed by atoms with Gasteiger partial charge in [0, 0.05) is 5.56 Å². The SMILES string of the molecule is CCCCCCC1CCC(C2CCC(c3ccc4c(c3)C=CC(=O)C4(F)F)CC2)CC1. The molecule has 0 spiro atoms. The third-order valence-electron chi connectivity index (χ3n) is 8.40. The van der Waals surface area contributed by atoms with Crippen molar-refractivity contribution < 1.29 is 13.6 Å². The van der Waals surface area contributed by atoms with E-state index in [1.807, 2.05) is 12.1 Å². The summed E-state index contributed by atoms with van der Waals surface area (Å²) in [4.78, 5) is 11.5. The number of rotatable bonds is 7. The lowest BCUT2D eigenvalue weighted by molar-refractivity contribution is -0.139. The number of hydrogen-bond acceptors (Lipinski definition) is 1. The van der Waals surface area contributed by atoms with Gasteiger partial charge in [-0.15, -0.1) is 0 Å². The monoisotopic (exact) mass is 428 g/mol. The zero-order chi connectivity index (χ0) is 21.8. The second-order valence-electron chi connectivity index (χ2n) is 10.4. The number of halogens is 2. The molecule has 2 fully saturated rings. The predicted molar refractivity (Wildman–Crippen MR) is 123 cm³/mol. The molecule has 3 heteroatoms. The molecular weight excluding hydrogens is 390 g/mol. The molecule has 4 rings (SSSR count). The molecule has 0 unspecified atom stereocenters. The summed E-state index contributed by atoms with van der Waals surface area (Å²) in [6.07, 6.45) is 20.2. The first kappa shape index (κ1) is 22.7. The highest BCUT2D eigenvalue weighted by atomic mass is 19.3. The molecule has 0 amide bonds. The Bertz CT molecular complexity index is 780. The highest BCUT2D eigenvalue weighted by molar-refractivity contribution is 6.02. The van der Waals surface area contributed by atoms with Crippen molar-refractivity contribution in [3.63, 3.8) is 0 Å². The van der Waals surface area contributed by atoms with Gasteiger partial charge in [-0.2, -0.15) is 8.78 Å². The Labute approximate surface area is 186 Å². The normalized spacial score (nSPS) is 30.2. The van der Waals surface area contributed by atoms with Gasteiger partial charge in [-0.3, -0.25) is 4.79 Å². The quantitative estimate of drug-likeness (QED) is 0.398. The lowest BCUT2D eigenvalue weighted by Crippen LogP contribution is -2.28. The van der Waals surface area contributed by atoms with Crippen LogP contribution in [0.2, 0.25) is 0 Å². The molecule has 1 nitrogen and oxygen atoms in total. The molecule has 1 aromatic rings. The number of benzene rings is 1. The summed E-state index contributed by atoms with van der Waals surface area (Å²) in [6.45, 7) is 2.28. The van der Waals surface area contributed by atoms with Gasteiger partial charge in [0.15, 0.2) is 0 Å². The van der Waals surface area contributed by atoms with Crippen LogP contribution in [-0.2, 0) is 10.7 Å². The van der Waals surface area contributed by atoms with Gasteiger partial charge in [-0.25, -0.2) is 0 Å². The smallest absolute Gasteiger partial charge is 0.288 e. The summed E-state index contributed by atoms with van der Waals surface area (Å²) in [5.41, 5.74) is 1.55. The summed E-state index contributed by atoms with van der Waals surface area (Å²) in [5.74, 6) is -1.28. The van der Waals surface area contributed by atoms with E-state index < -0.39 is 11.7 Å². The van der Waals surface area contributed by atoms with Gasteiger partial charge in [0.05, 0.1) is 0 Å². The number of alkyl halides is 2. The fourth-order valence-electron chi connectivity index (χ4n) is 6.39. The van der Waals surface area contributed by atoms with E-state index in [4.69, 9.17) is 0 Å². The van der Waals surface area contributed by atoms with E-state index in [-0.39, 0.29) is 5.56 Å². The van der Waals surface area contributed by atoms with Crippen molar-refractivity contribution in [3.8, 4) is 0 Å². The standard InChI is InChI=1S/C28H38F2O/c1-2-3-4-5-6-20-7-9-21(10-8-20)22-11-13-23(14-12-22)24-15-17-26-25(19-24)16-18-27(31)28(26,29)30/h15-23H,2-14H2,1H3. The molecule has 0 atom stereocenters. The molecule has 0 aromatic heterocycles. The Balaban J connectivity index is 1.27. The molecule has 0 aliphatic heterocycles. The molecule has 0 saturated heterocycles. The van der Waals surface area contributed by atoms with Crippen LogP contribution >= 0.6 is 0 Å². The van der Waals surface area contributed by atoms with Crippen LogP contribution in [0.5, 0.6) is 0 Å². The van der Waals surface area contributed by atoms with Crippen molar-refractivity contribution in [3.05, 3.63) is 41.0 Å². The van der Waals surface area contributed by atoms with Gasteiger partial charge in [0.25, 0.3) is 0 Å². The topological polar surface area (TPSA) is 17.1 Å². The molecule has 3 aliphatic carbocycles. The van der Waals surface area contributed by atoms with Crippen LogP contribution in [0.4, 0.5) is 8.78 Å². The first-order chi connectivity index (χ1) is 15.0. The number of carbonyl (C=O) groups excluding carboxylic acids is 1. The van der Waals surface area contributed by atoms with E-state index >= 15 is 0 Å². The first-order valence-electron chi connectivity index (χ1n) is 12.7. The minimum atomic E-state index is -3.38. The van der Waals surface area contributed by atoms with Crippen molar-refractivity contribution >= 4 is 11.9 Å². The van der Waals surface area contributed by atoms with Crippen molar-refractivity contribution in [2.45, 2.75) is 102 Å². The minimum Gasteiger partial charge on any atom is -0.288 e. The summed E-state index contributed by atoms with van der Waals surface area (Å²) in [5, 5.41) is 0. The Kier molecular flexibility index (Phi) is 7.29. The molecule has 1 aromatic carbocycles. The number of fused-ring (bicyclic) bond motifs is 1. The number of unbranched alkanes of at least 4 members (excludes halogenated alkanes) is 3. The van der Waals surface area contributed by atoms with E-state index in [1.165, 1.54) is 95.1 Å². The lowest BCUT2D eigenvalue weighted by Gasteiger charge is -2.38. The molecule has 2 saturated carbocycles. The molecule has 3 aliphatic rings. The fraction of sp³-hybridized carbons (Fsp3) is 0.679. The Morgan fingerprint density at radius 3 is 2.23 bits per heavy atom. The highest BCUT2D eigenvalue weighted by Crippen LogP contribution is 2.45. The summed E-state index contributed by atoms with van der Waals surface area (Å²) >= 11 is 0. The maximum absolute atomic E-state index is 14.2. The number of hydrogen-bond donors (Lipinski definition) is 0. The molecule has 0 N–H and O–H groups in total. The predicted octanol–water partition coefficient (Wildman–Crippen LogP) is 8.42. The van der Waals surface area contributed by atoms with E-state index in [2.05, 4.69) is 6.92 Å². The molecule has 31 heavy (non-hydrogen) atoms. The molecule has 0 radical (unpaired) electrons. The molecular formula is C28H38F2O. The van der Waals surface area contributed by atoms with Crippen LogP contribution in [0.15, 0.2) is 24.3 Å². The maximum atomic E-state index is 14.2. The van der Waals surface area contributed by atoms with E-state index in [1.54, 1.807) is 6.08 Å².